The average Bonchev–Trinajstić information content (AvgIpc) is 3.45. The first kappa shape index (κ1) is 23.4. The van der Waals surface area contributed by atoms with E-state index in [0.717, 1.165) is 0 Å². The van der Waals surface area contributed by atoms with E-state index in [1.807, 2.05) is 24.3 Å². The lowest BCUT2D eigenvalue weighted by Gasteiger charge is -2.38. The predicted molar refractivity (Wildman–Crippen MR) is 131 cm³/mol. The van der Waals surface area contributed by atoms with Crippen molar-refractivity contribution in [1.29, 1.82) is 0 Å². The Balaban J connectivity index is 1.15. The molecule has 0 radical (unpaired) electrons. The number of aliphatic carboxylic acids is 1. The van der Waals surface area contributed by atoms with Crippen LogP contribution < -0.4 is 5.32 Å². The second-order valence-corrected chi connectivity index (χ2v) is 10.4. The molecule has 0 spiro atoms. The highest BCUT2D eigenvalue weighted by Gasteiger charge is 2.42. The molecule has 3 atom stereocenters. The molecule has 2 aromatic carbocycles. The number of piperidine rings is 1. The maximum absolute atomic E-state index is 13.1. The van der Waals surface area contributed by atoms with Crippen molar-refractivity contribution in [2.75, 3.05) is 19.7 Å². The van der Waals surface area contributed by atoms with Crippen molar-refractivity contribution < 1.29 is 24.2 Å². The smallest absolute Gasteiger partial charge is 0.407 e. The Kier molecular flexibility index (Phi) is 6.26. The van der Waals surface area contributed by atoms with Gasteiger partial charge in [-0.15, -0.1) is 0 Å². The van der Waals surface area contributed by atoms with Gasteiger partial charge >= 0.3 is 12.1 Å². The van der Waals surface area contributed by atoms with Crippen LogP contribution in [0, 0.1) is 11.3 Å². The number of nitrogens with one attached hydrogen (secondary N) is 1. The van der Waals surface area contributed by atoms with Crippen molar-refractivity contribution in [1.82, 2.24) is 10.2 Å². The number of carboxylic acids is 1. The van der Waals surface area contributed by atoms with Gasteiger partial charge < -0.3 is 20.1 Å². The van der Waals surface area contributed by atoms with Crippen molar-refractivity contribution in [2.24, 2.45) is 11.3 Å². The number of ether oxygens (including phenoxy) is 1. The molecule has 2 aromatic rings. The first-order chi connectivity index (χ1) is 16.9. The molecule has 7 heteroatoms. The van der Waals surface area contributed by atoms with Crippen molar-refractivity contribution in [3.8, 4) is 11.1 Å². The van der Waals surface area contributed by atoms with E-state index in [4.69, 9.17) is 4.74 Å². The van der Waals surface area contributed by atoms with Crippen molar-refractivity contribution in [3.63, 3.8) is 0 Å². The molecule has 1 saturated heterocycles. The molecule has 0 aromatic heterocycles. The third-order valence-electron chi connectivity index (χ3n) is 7.97. The third-order valence-corrected chi connectivity index (χ3v) is 7.97. The molecule has 3 aliphatic rings. The number of likely N-dealkylation sites (tertiary alicyclic amines) is 1. The predicted octanol–water partition coefficient (Wildman–Crippen LogP) is 4.41. The lowest BCUT2D eigenvalue weighted by atomic mass is 9.81. The number of benzene rings is 2. The summed E-state index contributed by atoms with van der Waals surface area (Å²) in [6, 6.07) is 16.3. The number of rotatable bonds is 5. The topological polar surface area (TPSA) is 95.9 Å². The summed E-state index contributed by atoms with van der Waals surface area (Å²) in [5.74, 6) is -1.02. The number of carbonyl (C=O) groups is 3. The molecular formula is C28H32N2O5. The molecule has 35 heavy (non-hydrogen) atoms. The summed E-state index contributed by atoms with van der Waals surface area (Å²) in [6.07, 6.45) is 2.79. The van der Waals surface area contributed by atoms with Crippen LogP contribution in [0.25, 0.3) is 11.1 Å². The van der Waals surface area contributed by atoms with Gasteiger partial charge in [0.05, 0.1) is 5.41 Å². The number of hydrogen-bond donors (Lipinski definition) is 2. The summed E-state index contributed by atoms with van der Waals surface area (Å²) in [4.78, 5) is 39.0. The molecule has 2 fully saturated rings. The summed E-state index contributed by atoms with van der Waals surface area (Å²) in [7, 11) is 0. The highest BCUT2D eigenvalue weighted by Crippen LogP contribution is 2.44. The molecule has 1 heterocycles. The van der Waals surface area contributed by atoms with E-state index in [-0.39, 0.29) is 36.9 Å². The minimum Gasteiger partial charge on any atom is -0.481 e. The Morgan fingerprint density at radius 2 is 1.71 bits per heavy atom. The summed E-state index contributed by atoms with van der Waals surface area (Å²) in [5, 5.41) is 12.5. The second-order valence-electron chi connectivity index (χ2n) is 10.4. The van der Waals surface area contributed by atoms with Crippen LogP contribution in [0.1, 0.15) is 56.1 Å². The Morgan fingerprint density at radius 3 is 2.37 bits per heavy atom. The van der Waals surface area contributed by atoms with E-state index in [1.165, 1.54) is 22.3 Å². The highest BCUT2D eigenvalue weighted by molar-refractivity contribution is 5.82. The van der Waals surface area contributed by atoms with Gasteiger partial charge in [-0.2, -0.15) is 0 Å². The molecule has 1 aliphatic heterocycles. The summed E-state index contributed by atoms with van der Waals surface area (Å²) < 4.78 is 5.66. The van der Waals surface area contributed by atoms with Crippen LogP contribution in [0.5, 0.6) is 0 Å². The van der Waals surface area contributed by atoms with E-state index in [1.54, 1.807) is 11.8 Å². The number of fused-ring (bicyclic) bond motifs is 3. The Morgan fingerprint density at radius 1 is 1.06 bits per heavy atom. The third kappa shape index (κ3) is 4.51. The fourth-order valence-electron chi connectivity index (χ4n) is 6.00. The second kappa shape index (κ2) is 9.36. The molecule has 1 saturated carbocycles. The lowest BCUT2D eigenvalue weighted by molar-refractivity contribution is -0.154. The van der Waals surface area contributed by atoms with Crippen molar-refractivity contribution >= 4 is 18.0 Å². The van der Waals surface area contributed by atoms with Gasteiger partial charge in [-0.3, -0.25) is 9.59 Å². The van der Waals surface area contributed by atoms with Gasteiger partial charge in [0.15, 0.2) is 0 Å². The number of amides is 2. The van der Waals surface area contributed by atoms with Gasteiger partial charge in [-0.25, -0.2) is 4.79 Å². The van der Waals surface area contributed by atoms with Crippen LogP contribution in [-0.2, 0) is 14.3 Å². The SMILES string of the molecule is CC1(C(=O)O)CCCN(C(=O)C2CCC(NC(=O)OCC3c4ccccc4-c4ccccc43)C2)C1. The first-order valence-electron chi connectivity index (χ1n) is 12.5. The summed E-state index contributed by atoms with van der Waals surface area (Å²) >= 11 is 0. The maximum atomic E-state index is 13.1. The van der Waals surface area contributed by atoms with E-state index < -0.39 is 17.5 Å². The number of nitrogens with zero attached hydrogens (tertiary/aromatic N) is 1. The molecular weight excluding hydrogens is 444 g/mol. The van der Waals surface area contributed by atoms with E-state index >= 15 is 0 Å². The van der Waals surface area contributed by atoms with Gasteiger partial charge in [-0.05, 0) is 61.3 Å². The molecule has 2 N–H and O–H groups in total. The normalized spacial score (nSPS) is 25.6. The largest absolute Gasteiger partial charge is 0.481 e. The van der Waals surface area contributed by atoms with Gasteiger partial charge in [0.1, 0.15) is 6.61 Å². The molecule has 184 valence electrons. The number of hydrogen-bond acceptors (Lipinski definition) is 4. The monoisotopic (exact) mass is 476 g/mol. The standard InChI is InChI=1S/C28H32N2O5/c1-28(26(32)33)13-6-14-30(17-28)25(31)18-11-12-19(15-18)29-27(34)35-16-24-22-9-4-2-7-20(22)21-8-3-5-10-23(21)24/h2-5,7-10,18-19,24H,6,11-17H2,1H3,(H,29,34)(H,32,33). The van der Waals surface area contributed by atoms with Gasteiger partial charge in [0.25, 0.3) is 0 Å². The molecule has 5 rings (SSSR count). The Hall–Kier alpha value is -3.35. The molecule has 0 bridgehead atoms. The quantitative estimate of drug-likeness (QED) is 0.667. The van der Waals surface area contributed by atoms with Crippen LogP contribution in [-0.4, -0.2) is 53.7 Å². The number of alkyl carbamates (subject to hydrolysis) is 1. The molecule has 2 aliphatic carbocycles. The fraction of sp³-hybridized carbons (Fsp3) is 0.464. The zero-order valence-corrected chi connectivity index (χ0v) is 20.0. The van der Waals surface area contributed by atoms with Crippen LogP contribution in [0.2, 0.25) is 0 Å². The molecule has 3 unspecified atom stereocenters. The lowest BCUT2D eigenvalue weighted by Crippen LogP contribution is -2.50. The van der Waals surface area contributed by atoms with Crippen LogP contribution in [0.3, 0.4) is 0 Å². The van der Waals surface area contributed by atoms with Gasteiger partial charge in [-0.1, -0.05) is 48.5 Å². The van der Waals surface area contributed by atoms with Crippen molar-refractivity contribution in [3.05, 3.63) is 59.7 Å². The van der Waals surface area contributed by atoms with E-state index in [0.29, 0.717) is 38.6 Å². The minimum atomic E-state index is -0.883. The Labute approximate surface area is 205 Å². The van der Waals surface area contributed by atoms with Gasteiger partial charge in [0.2, 0.25) is 5.91 Å². The zero-order valence-electron chi connectivity index (χ0n) is 20.0. The van der Waals surface area contributed by atoms with E-state index in [9.17, 15) is 19.5 Å². The highest BCUT2D eigenvalue weighted by atomic mass is 16.5. The number of carbonyl (C=O) groups excluding carboxylic acids is 2. The number of carboxylic acid groups (broad SMARTS) is 1. The Bertz CT molecular complexity index is 1100. The van der Waals surface area contributed by atoms with Crippen LogP contribution in [0.15, 0.2) is 48.5 Å². The maximum Gasteiger partial charge on any atom is 0.407 e. The van der Waals surface area contributed by atoms with E-state index in [2.05, 4.69) is 29.6 Å². The zero-order chi connectivity index (χ0) is 24.6. The van der Waals surface area contributed by atoms with Gasteiger partial charge in [0, 0.05) is 31.0 Å². The van der Waals surface area contributed by atoms with Crippen LogP contribution in [0.4, 0.5) is 4.79 Å². The minimum absolute atomic E-state index is 0.00806. The van der Waals surface area contributed by atoms with Crippen LogP contribution >= 0.6 is 0 Å². The molecule has 7 nitrogen and oxygen atoms in total. The summed E-state index contributed by atoms with van der Waals surface area (Å²) in [6.45, 7) is 2.83. The first-order valence-corrected chi connectivity index (χ1v) is 12.5. The fourth-order valence-corrected chi connectivity index (χ4v) is 6.00. The summed E-state index contributed by atoms with van der Waals surface area (Å²) in [5.41, 5.74) is 3.83. The van der Waals surface area contributed by atoms with Crippen molar-refractivity contribution in [2.45, 2.75) is 51.0 Å². The molecule has 2 amide bonds. The average molecular weight is 477 g/mol.